The van der Waals surface area contributed by atoms with Gasteiger partial charge in [-0.2, -0.15) is 0 Å². The van der Waals surface area contributed by atoms with Gasteiger partial charge in [-0.1, -0.05) is 12.1 Å². The van der Waals surface area contributed by atoms with E-state index in [0.29, 0.717) is 5.56 Å². The van der Waals surface area contributed by atoms with Crippen molar-refractivity contribution in [3.63, 3.8) is 0 Å². The zero-order chi connectivity index (χ0) is 11.3. The monoisotopic (exact) mass is 224 g/mol. The van der Waals surface area contributed by atoms with Gasteiger partial charge >= 0.3 is 0 Å². The number of ether oxygens (including phenoxy) is 1. The molecule has 0 aliphatic rings. The van der Waals surface area contributed by atoms with Crippen molar-refractivity contribution in [2.75, 3.05) is 12.9 Å². The van der Waals surface area contributed by atoms with Crippen LogP contribution in [0.25, 0.3) is 0 Å². The van der Waals surface area contributed by atoms with Crippen molar-refractivity contribution in [2.45, 2.75) is 24.8 Å². The Labute approximate surface area is 95.0 Å². The van der Waals surface area contributed by atoms with Crippen molar-refractivity contribution in [2.24, 2.45) is 0 Å². The van der Waals surface area contributed by atoms with Gasteiger partial charge in [0.05, 0.1) is 6.10 Å². The van der Waals surface area contributed by atoms with Crippen molar-refractivity contribution in [3.05, 3.63) is 29.8 Å². The number of carbonyl (C=O) groups is 1. The van der Waals surface area contributed by atoms with Gasteiger partial charge in [-0.05, 0) is 32.2 Å². The molecule has 0 heterocycles. The second-order valence-electron chi connectivity index (χ2n) is 3.51. The Morgan fingerprint density at radius 2 is 1.93 bits per heavy atom. The molecular formula is C12H16O2S. The summed E-state index contributed by atoms with van der Waals surface area (Å²) in [6.07, 6.45) is 2.11. The Hall–Kier alpha value is -0.800. The van der Waals surface area contributed by atoms with E-state index in [2.05, 4.69) is 0 Å². The predicted molar refractivity (Wildman–Crippen MR) is 63.6 cm³/mol. The SMILES string of the molecule is CSc1ccc(C(=O)COC(C)C)cc1. The Morgan fingerprint density at radius 1 is 1.33 bits per heavy atom. The predicted octanol–water partition coefficient (Wildman–Crippen LogP) is 3.02. The van der Waals surface area contributed by atoms with Crippen LogP contribution in [0.3, 0.4) is 0 Å². The van der Waals surface area contributed by atoms with Crippen LogP contribution in [0.1, 0.15) is 24.2 Å². The van der Waals surface area contributed by atoms with Gasteiger partial charge in [0.25, 0.3) is 0 Å². The molecule has 82 valence electrons. The van der Waals surface area contributed by atoms with E-state index < -0.39 is 0 Å². The summed E-state index contributed by atoms with van der Waals surface area (Å²) in [5, 5.41) is 0. The van der Waals surface area contributed by atoms with Crippen LogP contribution in [0.4, 0.5) is 0 Å². The van der Waals surface area contributed by atoms with Gasteiger partial charge in [0.2, 0.25) is 0 Å². The molecule has 3 heteroatoms. The average molecular weight is 224 g/mol. The van der Waals surface area contributed by atoms with Crippen molar-refractivity contribution in [1.29, 1.82) is 0 Å². The molecule has 2 nitrogen and oxygen atoms in total. The molecule has 0 atom stereocenters. The molecule has 0 N–H and O–H groups in total. The number of ketones is 1. The van der Waals surface area contributed by atoms with E-state index in [4.69, 9.17) is 4.74 Å². The molecule has 0 fully saturated rings. The number of hydrogen-bond donors (Lipinski definition) is 0. The first kappa shape index (κ1) is 12.3. The number of thioether (sulfide) groups is 1. The zero-order valence-corrected chi connectivity index (χ0v) is 10.1. The average Bonchev–Trinajstić information content (AvgIpc) is 2.26. The van der Waals surface area contributed by atoms with Gasteiger partial charge < -0.3 is 4.74 Å². The van der Waals surface area contributed by atoms with Crippen LogP contribution in [0, 0.1) is 0 Å². The maximum atomic E-state index is 11.6. The number of benzene rings is 1. The molecule has 0 aliphatic heterocycles. The molecule has 0 saturated carbocycles. The molecule has 1 aromatic carbocycles. The van der Waals surface area contributed by atoms with Crippen molar-refractivity contribution in [1.82, 2.24) is 0 Å². The van der Waals surface area contributed by atoms with E-state index >= 15 is 0 Å². The van der Waals surface area contributed by atoms with Gasteiger partial charge in [-0.25, -0.2) is 0 Å². The fourth-order valence-corrected chi connectivity index (χ4v) is 1.51. The lowest BCUT2D eigenvalue weighted by molar-refractivity contribution is 0.0585. The fraction of sp³-hybridized carbons (Fsp3) is 0.417. The Kier molecular flexibility index (Phi) is 4.85. The molecular weight excluding hydrogens is 208 g/mol. The minimum atomic E-state index is 0.0383. The lowest BCUT2D eigenvalue weighted by Crippen LogP contribution is -2.13. The Bertz CT molecular complexity index is 317. The van der Waals surface area contributed by atoms with Crippen LogP contribution in [-0.2, 0) is 4.74 Å². The molecule has 0 aromatic heterocycles. The summed E-state index contributed by atoms with van der Waals surface area (Å²) < 4.78 is 5.26. The van der Waals surface area contributed by atoms with Crippen molar-refractivity contribution >= 4 is 17.5 Å². The molecule has 0 saturated heterocycles. The molecule has 15 heavy (non-hydrogen) atoms. The van der Waals surface area contributed by atoms with E-state index in [1.54, 1.807) is 11.8 Å². The van der Waals surface area contributed by atoms with E-state index in [-0.39, 0.29) is 18.5 Å². The summed E-state index contributed by atoms with van der Waals surface area (Å²) in [6.45, 7) is 4.00. The minimum absolute atomic E-state index is 0.0383. The maximum Gasteiger partial charge on any atom is 0.188 e. The van der Waals surface area contributed by atoms with Crippen LogP contribution >= 0.6 is 11.8 Å². The van der Waals surface area contributed by atoms with Crippen molar-refractivity contribution in [3.8, 4) is 0 Å². The van der Waals surface area contributed by atoms with Crippen molar-refractivity contribution < 1.29 is 9.53 Å². The second-order valence-corrected chi connectivity index (χ2v) is 4.39. The third kappa shape index (κ3) is 4.06. The molecule has 0 unspecified atom stereocenters. The molecule has 0 aliphatic carbocycles. The van der Waals surface area contributed by atoms with Gasteiger partial charge in [0, 0.05) is 10.5 Å². The topological polar surface area (TPSA) is 26.3 Å². The first-order valence-corrected chi connectivity index (χ1v) is 6.15. The normalized spacial score (nSPS) is 10.7. The standard InChI is InChI=1S/C12H16O2S/c1-9(2)14-8-12(13)10-4-6-11(15-3)7-5-10/h4-7,9H,8H2,1-3H3. The Balaban J connectivity index is 2.58. The van der Waals surface area contributed by atoms with Crippen LogP contribution < -0.4 is 0 Å². The highest BCUT2D eigenvalue weighted by Gasteiger charge is 2.06. The quantitative estimate of drug-likeness (QED) is 0.568. The molecule has 0 radical (unpaired) electrons. The van der Waals surface area contributed by atoms with Crippen LogP contribution in [0.15, 0.2) is 29.2 Å². The minimum Gasteiger partial charge on any atom is -0.371 e. The summed E-state index contributed by atoms with van der Waals surface area (Å²) in [5.41, 5.74) is 0.716. The second kappa shape index (κ2) is 5.93. The highest BCUT2D eigenvalue weighted by atomic mass is 32.2. The van der Waals surface area contributed by atoms with Crippen LogP contribution in [0.2, 0.25) is 0 Å². The van der Waals surface area contributed by atoms with Gasteiger partial charge in [-0.3, -0.25) is 4.79 Å². The molecule has 1 rings (SSSR count). The summed E-state index contributed by atoms with van der Waals surface area (Å²) in [6, 6.07) is 7.59. The molecule has 0 spiro atoms. The largest absolute Gasteiger partial charge is 0.371 e. The number of hydrogen-bond acceptors (Lipinski definition) is 3. The lowest BCUT2D eigenvalue weighted by Gasteiger charge is -2.06. The van der Waals surface area contributed by atoms with E-state index in [9.17, 15) is 4.79 Å². The summed E-state index contributed by atoms with van der Waals surface area (Å²) >= 11 is 1.66. The highest BCUT2D eigenvalue weighted by Crippen LogP contribution is 2.15. The van der Waals surface area contributed by atoms with E-state index in [0.717, 1.165) is 4.90 Å². The smallest absolute Gasteiger partial charge is 0.188 e. The number of rotatable bonds is 5. The molecule has 0 amide bonds. The van der Waals surface area contributed by atoms with Crippen LogP contribution in [0.5, 0.6) is 0 Å². The Morgan fingerprint density at radius 3 is 2.40 bits per heavy atom. The molecule has 1 aromatic rings. The van der Waals surface area contributed by atoms with Gasteiger partial charge in [-0.15, -0.1) is 11.8 Å². The lowest BCUT2D eigenvalue weighted by atomic mass is 10.1. The first-order chi connectivity index (χ1) is 7.13. The third-order valence-electron chi connectivity index (χ3n) is 1.96. The third-order valence-corrected chi connectivity index (χ3v) is 2.70. The van der Waals surface area contributed by atoms with E-state index in [1.807, 2.05) is 44.4 Å². The fourth-order valence-electron chi connectivity index (χ4n) is 1.10. The van der Waals surface area contributed by atoms with Crippen LogP contribution in [-0.4, -0.2) is 24.7 Å². The summed E-state index contributed by atoms with van der Waals surface area (Å²) in [5.74, 6) is 0.0383. The molecule has 0 bridgehead atoms. The highest BCUT2D eigenvalue weighted by molar-refractivity contribution is 7.98. The first-order valence-electron chi connectivity index (χ1n) is 4.92. The van der Waals surface area contributed by atoms with Gasteiger partial charge in [0.15, 0.2) is 5.78 Å². The summed E-state index contributed by atoms with van der Waals surface area (Å²) in [4.78, 5) is 12.8. The number of carbonyl (C=O) groups excluding carboxylic acids is 1. The maximum absolute atomic E-state index is 11.6. The van der Waals surface area contributed by atoms with Gasteiger partial charge in [0.1, 0.15) is 6.61 Å². The zero-order valence-electron chi connectivity index (χ0n) is 9.32. The summed E-state index contributed by atoms with van der Waals surface area (Å²) in [7, 11) is 0. The number of Topliss-reactive ketones (excluding diaryl/α,β-unsaturated/α-hetero) is 1. The van der Waals surface area contributed by atoms with E-state index in [1.165, 1.54) is 0 Å².